The highest BCUT2D eigenvalue weighted by molar-refractivity contribution is 5.93. The monoisotopic (exact) mass is 165 g/mol. The molecule has 1 amide bonds. The Morgan fingerprint density at radius 2 is 2.42 bits per heavy atom. The van der Waals surface area contributed by atoms with Gasteiger partial charge < -0.3 is 5.73 Å². The second kappa shape index (κ2) is 3.88. The largest absolute Gasteiger partial charge is 0.325 e. The van der Waals surface area contributed by atoms with Gasteiger partial charge in [-0.1, -0.05) is 5.92 Å². The zero-order valence-electron chi connectivity index (χ0n) is 6.79. The second-order valence-electron chi connectivity index (χ2n) is 2.53. The number of nitrogens with two attached hydrogens (primary N) is 1. The van der Waals surface area contributed by atoms with E-state index in [4.69, 9.17) is 12.2 Å². The summed E-state index contributed by atoms with van der Waals surface area (Å²) in [4.78, 5) is 11.1. The lowest BCUT2D eigenvalue weighted by Crippen LogP contribution is -2.34. The van der Waals surface area contributed by atoms with Gasteiger partial charge >= 0.3 is 0 Å². The van der Waals surface area contributed by atoms with E-state index in [0.29, 0.717) is 19.4 Å². The van der Waals surface area contributed by atoms with E-state index in [1.165, 1.54) is 5.01 Å². The number of carbonyl (C=O) groups excluding carboxylic acids is 1. The molecule has 4 nitrogen and oxygen atoms in total. The van der Waals surface area contributed by atoms with Gasteiger partial charge in [0.25, 0.3) is 0 Å². The summed E-state index contributed by atoms with van der Waals surface area (Å²) in [6.45, 7) is 0.636. The molecule has 0 aromatic rings. The SMILES string of the molecule is C#CCN1N=C(CN)CCC1=O. The molecule has 0 saturated carbocycles. The third-order valence-electron chi connectivity index (χ3n) is 1.65. The van der Waals surface area contributed by atoms with E-state index in [2.05, 4.69) is 11.0 Å². The smallest absolute Gasteiger partial charge is 0.243 e. The third kappa shape index (κ3) is 1.83. The minimum Gasteiger partial charge on any atom is -0.325 e. The highest BCUT2D eigenvalue weighted by atomic mass is 16.2. The maximum atomic E-state index is 11.1. The topological polar surface area (TPSA) is 58.7 Å². The van der Waals surface area contributed by atoms with E-state index < -0.39 is 0 Å². The summed E-state index contributed by atoms with van der Waals surface area (Å²) >= 11 is 0. The first-order valence-electron chi connectivity index (χ1n) is 3.78. The lowest BCUT2D eigenvalue weighted by Gasteiger charge is -2.20. The summed E-state index contributed by atoms with van der Waals surface area (Å²) in [5, 5.41) is 5.30. The molecule has 1 aliphatic heterocycles. The van der Waals surface area contributed by atoms with Crippen molar-refractivity contribution in [3.8, 4) is 12.3 Å². The maximum Gasteiger partial charge on any atom is 0.243 e. The van der Waals surface area contributed by atoms with Crippen LogP contribution in [0, 0.1) is 12.3 Å². The lowest BCUT2D eigenvalue weighted by atomic mass is 10.2. The van der Waals surface area contributed by atoms with E-state index in [1.807, 2.05) is 0 Å². The number of terminal acetylenes is 1. The molecule has 0 aliphatic carbocycles. The van der Waals surface area contributed by atoms with Gasteiger partial charge in [0.05, 0.1) is 5.71 Å². The van der Waals surface area contributed by atoms with E-state index in [9.17, 15) is 4.79 Å². The van der Waals surface area contributed by atoms with Gasteiger partial charge in [-0.05, 0) is 6.42 Å². The van der Waals surface area contributed by atoms with Gasteiger partial charge in [0.1, 0.15) is 6.54 Å². The predicted octanol–water partition coefficient (Wildman–Crippen LogP) is -0.443. The highest BCUT2D eigenvalue weighted by Crippen LogP contribution is 2.07. The Morgan fingerprint density at radius 3 is 3.00 bits per heavy atom. The van der Waals surface area contributed by atoms with Gasteiger partial charge in [-0.3, -0.25) is 4.79 Å². The quantitative estimate of drug-likeness (QED) is 0.564. The van der Waals surface area contributed by atoms with Crippen LogP contribution in [0.15, 0.2) is 5.10 Å². The summed E-state index contributed by atoms with van der Waals surface area (Å²) < 4.78 is 0. The van der Waals surface area contributed by atoms with Crippen LogP contribution in [0.1, 0.15) is 12.8 Å². The van der Waals surface area contributed by atoms with E-state index >= 15 is 0 Å². The van der Waals surface area contributed by atoms with Crippen LogP contribution < -0.4 is 5.73 Å². The molecular formula is C8H11N3O. The fourth-order valence-electron chi connectivity index (χ4n) is 1.01. The molecule has 0 aromatic heterocycles. The Bertz CT molecular complexity index is 252. The molecule has 1 heterocycles. The van der Waals surface area contributed by atoms with Gasteiger partial charge in [0.2, 0.25) is 5.91 Å². The predicted molar refractivity (Wildman–Crippen MR) is 46.3 cm³/mol. The first-order chi connectivity index (χ1) is 5.77. The summed E-state index contributed by atoms with van der Waals surface area (Å²) in [5.41, 5.74) is 6.22. The van der Waals surface area contributed by atoms with E-state index in [1.54, 1.807) is 0 Å². The molecule has 0 saturated heterocycles. The fourth-order valence-corrected chi connectivity index (χ4v) is 1.01. The van der Waals surface area contributed by atoms with Crippen molar-refractivity contribution in [3.05, 3.63) is 0 Å². The van der Waals surface area contributed by atoms with Crippen molar-refractivity contribution in [1.29, 1.82) is 0 Å². The van der Waals surface area contributed by atoms with Crippen molar-refractivity contribution in [1.82, 2.24) is 5.01 Å². The highest BCUT2D eigenvalue weighted by Gasteiger charge is 2.17. The molecule has 0 bridgehead atoms. The molecular weight excluding hydrogens is 154 g/mol. The van der Waals surface area contributed by atoms with Gasteiger partial charge in [-0.2, -0.15) is 5.10 Å². The molecule has 64 valence electrons. The molecule has 0 aromatic carbocycles. The van der Waals surface area contributed by atoms with Crippen LogP contribution >= 0.6 is 0 Å². The third-order valence-corrected chi connectivity index (χ3v) is 1.65. The van der Waals surface area contributed by atoms with E-state index in [0.717, 1.165) is 5.71 Å². The van der Waals surface area contributed by atoms with Crippen molar-refractivity contribution in [2.24, 2.45) is 10.8 Å². The van der Waals surface area contributed by atoms with Crippen LogP contribution in [-0.4, -0.2) is 29.7 Å². The summed E-state index contributed by atoms with van der Waals surface area (Å²) in [5.74, 6) is 2.35. The Balaban J connectivity index is 2.69. The molecule has 1 aliphatic rings. The van der Waals surface area contributed by atoms with Gasteiger partial charge in [0.15, 0.2) is 0 Å². The molecule has 0 fully saturated rings. The summed E-state index contributed by atoms with van der Waals surface area (Å²) in [7, 11) is 0. The van der Waals surface area contributed by atoms with Crippen LogP contribution in [-0.2, 0) is 4.79 Å². The number of hydrazone groups is 1. The molecule has 2 N–H and O–H groups in total. The van der Waals surface area contributed by atoms with Gasteiger partial charge in [0, 0.05) is 13.0 Å². The Kier molecular flexibility index (Phi) is 2.83. The number of carbonyl (C=O) groups is 1. The summed E-state index contributed by atoms with van der Waals surface area (Å²) in [6.07, 6.45) is 6.20. The molecule has 0 radical (unpaired) electrons. The van der Waals surface area contributed by atoms with Crippen LogP contribution in [0.25, 0.3) is 0 Å². The summed E-state index contributed by atoms with van der Waals surface area (Å²) in [6, 6.07) is 0. The number of hydrogen-bond donors (Lipinski definition) is 1. The number of rotatable bonds is 2. The normalized spacial score (nSPS) is 17.2. The minimum absolute atomic E-state index is 0.0230. The Morgan fingerprint density at radius 1 is 1.67 bits per heavy atom. The Hall–Kier alpha value is -1.34. The van der Waals surface area contributed by atoms with E-state index in [-0.39, 0.29) is 12.5 Å². The fraction of sp³-hybridized carbons (Fsp3) is 0.500. The van der Waals surface area contributed by atoms with Crippen LogP contribution in [0.2, 0.25) is 0 Å². The van der Waals surface area contributed by atoms with Crippen LogP contribution in [0.5, 0.6) is 0 Å². The van der Waals surface area contributed by atoms with Crippen molar-refractivity contribution in [3.63, 3.8) is 0 Å². The molecule has 1 rings (SSSR count). The van der Waals surface area contributed by atoms with Crippen LogP contribution in [0.3, 0.4) is 0 Å². The second-order valence-corrected chi connectivity index (χ2v) is 2.53. The first-order valence-corrected chi connectivity index (χ1v) is 3.78. The average molecular weight is 165 g/mol. The number of amides is 1. The van der Waals surface area contributed by atoms with Crippen molar-refractivity contribution >= 4 is 11.6 Å². The molecule has 0 unspecified atom stereocenters. The zero-order valence-corrected chi connectivity index (χ0v) is 6.79. The molecule has 12 heavy (non-hydrogen) atoms. The Labute approximate surface area is 71.4 Å². The van der Waals surface area contributed by atoms with Gasteiger partial charge in [-0.15, -0.1) is 6.42 Å². The molecule has 0 atom stereocenters. The molecule has 4 heteroatoms. The lowest BCUT2D eigenvalue weighted by molar-refractivity contribution is -0.131. The maximum absolute atomic E-state index is 11.1. The number of hydrogen-bond acceptors (Lipinski definition) is 3. The molecule has 0 spiro atoms. The van der Waals surface area contributed by atoms with Crippen molar-refractivity contribution in [2.75, 3.05) is 13.1 Å². The van der Waals surface area contributed by atoms with Crippen molar-refractivity contribution < 1.29 is 4.79 Å². The van der Waals surface area contributed by atoms with Crippen molar-refractivity contribution in [2.45, 2.75) is 12.8 Å². The van der Waals surface area contributed by atoms with Gasteiger partial charge in [-0.25, -0.2) is 5.01 Å². The average Bonchev–Trinajstić information content (AvgIpc) is 2.09. The minimum atomic E-state index is -0.0230. The standard InChI is InChI=1S/C8H11N3O/c1-2-5-11-8(12)4-3-7(6-9)10-11/h1H,3-6,9H2. The first kappa shape index (κ1) is 8.75. The number of nitrogens with zero attached hydrogens (tertiary/aromatic N) is 2. The zero-order chi connectivity index (χ0) is 8.97. The van der Waals surface area contributed by atoms with Crippen LogP contribution in [0.4, 0.5) is 0 Å².